The van der Waals surface area contributed by atoms with Crippen LogP contribution in [0.25, 0.3) is 0 Å². The molecule has 5 aromatic rings. The molecule has 0 atom stereocenters. The summed E-state index contributed by atoms with van der Waals surface area (Å²) in [6, 6.07) is 39.4. The summed E-state index contributed by atoms with van der Waals surface area (Å²) in [6.07, 6.45) is 0.771. The maximum Gasteiger partial charge on any atom is 0.257 e. The molecule has 7 nitrogen and oxygen atoms in total. The number of ether oxygens (including phenoxy) is 1. The fourth-order valence-electron chi connectivity index (χ4n) is 4.33. The van der Waals surface area contributed by atoms with Crippen molar-refractivity contribution in [3.05, 3.63) is 149 Å². The number of para-hydroxylation sites is 2. The van der Waals surface area contributed by atoms with Crippen molar-refractivity contribution in [1.82, 2.24) is 5.32 Å². The second kappa shape index (κ2) is 15.0. The lowest BCUT2D eigenvalue weighted by Gasteiger charge is -2.14. The molecule has 0 unspecified atom stereocenters. The van der Waals surface area contributed by atoms with Crippen LogP contribution in [0.1, 0.15) is 26.3 Å². The molecule has 2 amide bonds. The van der Waals surface area contributed by atoms with Gasteiger partial charge in [-0.15, -0.1) is 0 Å². The smallest absolute Gasteiger partial charge is 0.257 e. The molecule has 0 aliphatic rings. The van der Waals surface area contributed by atoms with Crippen LogP contribution in [-0.4, -0.2) is 23.5 Å². The molecule has 5 rings (SSSR count). The highest BCUT2D eigenvalue weighted by Gasteiger charge is 2.15. The van der Waals surface area contributed by atoms with Crippen LogP contribution in [0.15, 0.2) is 132 Å². The van der Waals surface area contributed by atoms with Crippen LogP contribution in [-0.2, 0) is 6.42 Å². The number of carbonyl (C=O) groups is 2. The Hall–Kier alpha value is -4.99. The standard InChI is InChI=1S/C35H29BrN4O3S/c36-30-23-25(15-20-32(30)43-22-21-24-9-3-1-4-10-24)33(41)40-35(44)39-31-14-8-7-13-29(31)34(42)38-28-18-16-27(17-19-28)37-26-11-5-2-6-12-26/h1-20,23,37H,21-22H2,(H,38,42)(H2,39,40,41,44). The Morgan fingerprint density at radius 2 is 1.32 bits per heavy atom. The average Bonchev–Trinajstić information content (AvgIpc) is 3.04. The molecule has 5 aromatic carbocycles. The first-order valence-electron chi connectivity index (χ1n) is 13.9. The first-order chi connectivity index (χ1) is 21.4. The highest BCUT2D eigenvalue weighted by molar-refractivity contribution is 9.10. The Labute approximate surface area is 269 Å². The predicted molar refractivity (Wildman–Crippen MR) is 184 cm³/mol. The number of hydrogen-bond acceptors (Lipinski definition) is 5. The van der Waals surface area contributed by atoms with Crippen molar-refractivity contribution in [2.45, 2.75) is 6.42 Å². The summed E-state index contributed by atoms with van der Waals surface area (Å²) in [7, 11) is 0. The molecule has 9 heteroatoms. The molecule has 44 heavy (non-hydrogen) atoms. The average molecular weight is 666 g/mol. The van der Waals surface area contributed by atoms with Crippen LogP contribution in [0.4, 0.5) is 22.7 Å². The summed E-state index contributed by atoms with van der Waals surface area (Å²) in [4.78, 5) is 26.1. The van der Waals surface area contributed by atoms with Crippen LogP contribution < -0.4 is 26.0 Å². The van der Waals surface area contributed by atoms with Gasteiger partial charge < -0.3 is 20.7 Å². The number of halogens is 1. The van der Waals surface area contributed by atoms with Gasteiger partial charge in [0, 0.05) is 29.0 Å². The third-order valence-corrected chi connectivity index (χ3v) is 7.36. The topological polar surface area (TPSA) is 91.5 Å². The Kier molecular flexibility index (Phi) is 10.4. The molecule has 0 aliphatic carbocycles. The lowest BCUT2D eigenvalue weighted by molar-refractivity contribution is 0.0976. The maximum atomic E-state index is 13.1. The van der Waals surface area contributed by atoms with Gasteiger partial charge in [-0.05, 0) is 100 Å². The number of benzene rings is 5. The Balaban J connectivity index is 1.15. The van der Waals surface area contributed by atoms with Crippen molar-refractivity contribution in [3.63, 3.8) is 0 Å². The van der Waals surface area contributed by atoms with Crippen LogP contribution in [0.5, 0.6) is 5.75 Å². The second-order valence-electron chi connectivity index (χ2n) is 9.71. The summed E-state index contributed by atoms with van der Waals surface area (Å²) < 4.78 is 6.54. The second-order valence-corrected chi connectivity index (χ2v) is 11.0. The fraction of sp³-hybridized carbons (Fsp3) is 0.0571. The van der Waals surface area contributed by atoms with E-state index < -0.39 is 5.91 Å². The van der Waals surface area contributed by atoms with Gasteiger partial charge in [0.1, 0.15) is 5.75 Å². The zero-order chi connectivity index (χ0) is 30.7. The zero-order valence-corrected chi connectivity index (χ0v) is 26.0. The molecule has 220 valence electrons. The van der Waals surface area contributed by atoms with E-state index >= 15 is 0 Å². The molecule has 4 N–H and O–H groups in total. The first kappa shape index (κ1) is 30.5. The van der Waals surface area contributed by atoms with Gasteiger partial charge in [0.15, 0.2) is 5.11 Å². The summed E-state index contributed by atoms with van der Waals surface area (Å²) in [5.41, 5.74) is 4.92. The molecule has 0 saturated carbocycles. The van der Waals surface area contributed by atoms with Gasteiger partial charge in [0.25, 0.3) is 11.8 Å². The fourth-order valence-corrected chi connectivity index (χ4v) is 5.02. The molecular weight excluding hydrogens is 636 g/mol. The van der Waals surface area contributed by atoms with E-state index in [1.54, 1.807) is 42.5 Å². The lowest BCUT2D eigenvalue weighted by Crippen LogP contribution is -2.34. The Morgan fingerprint density at radius 3 is 2.05 bits per heavy atom. The largest absolute Gasteiger partial charge is 0.492 e. The van der Waals surface area contributed by atoms with Gasteiger partial charge in [0.05, 0.1) is 22.3 Å². The summed E-state index contributed by atoms with van der Waals surface area (Å²) >= 11 is 8.89. The first-order valence-corrected chi connectivity index (χ1v) is 15.1. The van der Waals surface area contributed by atoms with Gasteiger partial charge in [0.2, 0.25) is 0 Å². The van der Waals surface area contributed by atoms with Gasteiger partial charge in [-0.25, -0.2) is 0 Å². The third kappa shape index (κ3) is 8.53. The minimum absolute atomic E-state index is 0.0610. The van der Waals surface area contributed by atoms with Gasteiger partial charge in [-0.3, -0.25) is 14.9 Å². The lowest BCUT2D eigenvalue weighted by atomic mass is 10.1. The summed E-state index contributed by atoms with van der Waals surface area (Å²) in [5, 5.41) is 11.9. The molecule has 0 spiro atoms. The number of nitrogens with one attached hydrogen (secondary N) is 4. The van der Waals surface area contributed by atoms with Crippen molar-refractivity contribution in [3.8, 4) is 5.75 Å². The number of carbonyl (C=O) groups excluding carboxylic acids is 2. The van der Waals surface area contributed by atoms with Crippen LogP contribution in [0.2, 0.25) is 0 Å². The molecule has 0 saturated heterocycles. The van der Waals surface area contributed by atoms with Gasteiger partial charge in [-0.2, -0.15) is 0 Å². The zero-order valence-electron chi connectivity index (χ0n) is 23.5. The molecule has 0 fully saturated rings. The van der Waals surface area contributed by atoms with Crippen molar-refractivity contribution >= 4 is 67.8 Å². The van der Waals surface area contributed by atoms with Crippen molar-refractivity contribution in [2.75, 3.05) is 22.6 Å². The highest BCUT2D eigenvalue weighted by Crippen LogP contribution is 2.26. The minimum atomic E-state index is -0.398. The quantitative estimate of drug-likeness (QED) is 0.113. The summed E-state index contributed by atoms with van der Waals surface area (Å²) in [6.45, 7) is 0.506. The van der Waals surface area contributed by atoms with E-state index in [-0.39, 0.29) is 11.0 Å². The Bertz CT molecular complexity index is 1750. The van der Waals surface area contributed by atoms with E-state index in [0.29, 0.717) is 39.3 Å². The van der Waals surface area contributed by atoms with Crippen LogP contribution in [0, 0.1) is 0 Å². The molecule has 0 heterocycles. The molecular formula is C35H29BrN4O3S. The number of anilines is 4. The molecule has 0 aromatic heterocycles. The predicted octanol–water partition coefficient (Wildman–Crippen LogP) is 8.19. The third-order valence-electron chi connectivity index (χ3n) is 6.54. The van der Waals surface area contributed by atoms with Gasteiger partial charge >= 0.3 is 0 Å². The Morgan fingerprint density at radius 1 is 0.682 bits per heavy atom. The van der Waals surface area contributed by atoms with E-state index in [0.717, 1.165) is 17.8 Å². The number of rotatable bonds is 10. The monoisotopic (exact) mass is 664 g/mol. The maximum absolute atomic E-state index is 13.1. The molecule has 0 bridgehead atoms. The minimum Gasteiger partial charge on any atom is -0.492 e. The number of amides is 2. The highest BCUT2D eigenvalue weighted by atomic mass is 79.9. The summed E-state index contributed by atoms with van der Waals surface area (Å²) in [5.74, 6) is -0.0804. The van der Waals surface area contributed by atoms with Crippen LogP contribution in [0.3, 0.4) is 0 Å². The van der Waals surface area contributed by atoms with Crippen molar-refractivity contribution < 1.29 is 14.3 Å². The number of hydrogen-bond donors (Lipinski definition) is 4. The van der Waals surface area contributed by atoms with Crippen molar-refractivity contribution in [1.29, 1.82) is 0 Å². The van der Waals surface area contributed by atoms with E-state index in [9.17, 15) is 9.59 Å². The molecule has 0 aliphatic heterocycles. The van der Waals surface area contributed by atoms with Gasteiger partial charge in [-0.1, -0.05) is 60.7 Å². The van der Waals surface area contributed by atoms with Crippen LogP contribution >= 0.6 is 28.1 Å². The molecule has 0 radical (unpaired) electrons. The SMILES string of the molecule is O=C(NC(=S)Nc1ccccc1C(=O)Nc1ccc(Nc2ccccc2)cc1)c1ccc(OCCc2ccccc2)c(Br)c1. The van der Waals surface area contributed by atoms with E-state index in [1.165, 1.54) is 5.56 Å². The normalized spacial score (nSPS) is 10.4. The van der Waals surface area contributed by atoms with Crippen molar-refractivity contribution in [2.24, 2.45) is 0 Å². The van der Waals surface area contributed by atoms with E-state index in [4.69, 9.17) is 17.0 Å². The van der Waals surface area contributed by atoms with E-state index in [2.05, 4.69) is 49.3 Å². The van der Waals surface area contributed by atoms with E-state index in [1.807, 2.05) is 72.8 Å². The number of thiocarbonyl (C=S) groups is 1.